The molecule has 21 heavy (non-hydrogen) atoms. The summed E-state index contributed by atoms with van der Waals surface area (Å²) in [5, 5.41) is 11.6. The van der Waals surface area contributed by atoms with E-state index in [-0.39, 0.29) is 5.91 Å². The fourth-order valence-corrected chi connectivity index (χ4v) is 3.28. The Labute approximate surface area is 131 Å². The van der Waals surface area contributed by atoms with Gasteiger partial charge in [0, 0.05) is 17.9 Å². The maximum atomic E-state index is 11.8. The third-order valence-electron chi connectivity index (χ3n) is 2.56. The van der Waals surface area contributed by atoms with Gasteiger partial charge in [0.25, 0.3) is 0 Å². The Bertz CT molecular complexity index is 663. The first-order valence-electron chi connectivity index (χ1n) is 6.40. The number of hydrogen-bond donors (Lipinski definition) is 1. The van der Waals surface area contributed by atoms with Crippen molar-refractivity contribution in [3.05, 3.63) is 35.7 Å². The molecule has 1 heterocycles. The van der Waals surface area contributed by atoms with Crippen LogP contribution in [0.2, 0.25) is 0 Å². The molecule has 1 aromatic carbocycles. The summed E-state index contributed by atoms with van der Waals surface area (Å²) in [5.74, 6) is 1.58. The predicted octanol–water partition coefficient (Wildman–Crippen LogP) is 3.23. The van der Waals surface area contributed by atoms with E-state index in [1.165, 1.54) is 11.5 Å². The molecule has 1 aromatic heterocycles. The molecule has 0 fully saturated rings. The van der Waals surface area contributed by atoms with Crippen LogP contribution in [0.3, 0.4) is 0 Å². The van der Waals surface area contributed by atoms with Crippen LogP contribution in [0.5, 0.6) is 0 Å². The van der Waals surface area contributed by atoms with Crippen LogP contribution >= 0.6 is 23.3 Å². The van der Waals surface area contributed by atoms with Crippen LogP contribution in [-0.2, 0) is 4.79 Å². The van der Waals surface area contributed by atoms with Crippen LogP contribution < -0.4 is 5.32 Å². The minimum absolute atomic E-state index is 0.0425. The van der Waals surface area contributed by atoms with Crippen molar-refractivity contribution in [2.45, 2.75) is 24.1 Å². The van der Waals surface area contributed by atoms with Crippen LogP contribution in [0.15, 0.2) is 28.6 Å². The summed E-state index contributed by atoms with van der Waals surface area (Å²) in [4.78, 5) is 16.1. The molecule has 0 saturated carbocycles. The van der Waals surface area contributed by atoms with Crippen molar-refractivity contribution in [3.63, 3.8) is 0 Å². The van der Waals surface area contributed by atoms with E-state index in [1.807, 2.05) is 13.0 Å². The Morgan fingerprint density at radius 1 is 1.52 bits per heavy atom. The van der Waals surface area contributed by atoms with Gasteiger partial charge in [-0.3, -0.25) is 4.79 Å². The molecule has 7 heteroatoms. The van der Waals surface area contributed by atoms with Crippen molar-refractivity contribution in [2.75, 3.05) is 11.1 Å². The zero-order valence-corrected chi connectivity index (χ0v) is 13.1. The molecular weight excluding hydrogens is 304 g/mol. The first-order valence-corrected chi connectivity index (χ1v) is 8.16. The van der Waals surface area contributed by atoms with E-state index < -0.39 is 0 Å². The number of nitriles is 1. The molecule has 0 aliphatic carbocycles. The molecule has 0 spiro atoms. The van der Waals surface area contributed by atoms with E-state index >= 15 is 0 Å². The highest BCUT2D eigenvalue weighted by Gasteiger charge is 2.05. The minimum Gasteiger partial charge on any atom is -0.326 e. The van der Waals surface area contributed by atoms with Gasteiger partial charge in [0.15, 0.2) is 4.34 Å². The summed E-state index contributed by atoms with van der Waals surface area (Å²) < 4.78 is 5.05. The topological polar surface area (TPSA) is 78.7 Å². The van der Waals surface area contributed by atoms with Gasteiger partial charge in [-0.05, 0) is 43.1 Å². The average molecular weight is 318 g/mol. The highest BCUT2D eigenvalue weighted by molar-refractivity contribution is 8.00. The highest BCUT2D eigenvalue weighted by atomic mass is 32.2. The fourth-order valence-electron chi connectivity index (χ4n) is 1.62. The fraction of sp³-hybridized carbons (Fsp3) is 0.286. The monoisotopic (exact) mass is 318 g/mol. The lowest BCUT2D eigenvalue weighted by atomic mass is 10.2. The van der Waals surface area contributed by atoms with Gasteiger partial charge in [0.05, 0.1) is 11.6 Å². The SMILES string of the molecule is Cc1nsc(SCCCC(=O)Nc2cccc(C#N)c2)n1. The smallest absolute Gasteiger partial charge is 0.224 e. The molecule has 108 valence electrons. The van der Waals surface area contributed by atoms with Gasteiger partial charge >= 0.3 is 0 Å². The third-order valence-corrected chi connectivity index (χ3v) is 4.57. The summed E-state index contributed by atoms with van der Waals surface area (Å²) in [6.07, 6.45) is 1.22. The summed E-state index contributed by atoms with van der Waals surface area (Å²) in [6, 6.07) is 8.94. The van der Waals surface area contributed by atoms with Gasteiger partial charge in [-0.15, -0.1) is 0 Å². The number of aryl methyl sites for hydroxylation is 1. The summed E-state index contributed by atoms with van der Waals surface area (Å²) in [7, 11) is 0. The molecule has 0 radical (unpaired) electrons. The number of benzene rings is 1. The highest BCUT2D eigenvalue weighted by Crippen LogP contribution is 2.21. The van der Waals surface area contributed by atoms with Crippen LogP contribution in [0.25, 0.3) is 0 Å². The number of anilines is 1. The van der Waals surface area contributed by atoms with Gasteiger partial charge < -0.3 is 5.32 Å². The maximum Gasteiger partial charge on any atom is 0.224 e. The Kier molecular flexibility index (Phi) is 5.72. The second kappa shape index (κ2) is 7.76. The molecule has 1 N–H and O–H groups in total. The first-order chi connectivity index (χ1) is 10.2. The maximum absolute atomic E-state index is 11.8. The van der Waals surface area contributed by atoms with Crippen molar-refractivity contribution in [3.8, 4) is 6.07 Å². The number of nitrogens with zero attached hydrogens (tertiary/aromatic N) is 3. The van der Waals surface area contributed by atoms with Gasteiger partial charge in [0.2, 0.25) is 5.91 Å². The molecule has 0 atom stereocenters. The zero-order chi connectivity index (χ0) is 15.1. The Morgan fingerprint density at radius 3 is 3.10 bits per heavy atom. The third kappa shape index (κ3) is 5.17. The lowest BCUT2D eigenvalue weighted by Gasteiger charge is -2.04. The van der Waals surface area contributed by atoms with Crippen LogP contribution in [-0.4, -0.2) is 21.0 Å². The molecule has 5 nitrogen and oxygen atoms in total. The van der Waals surface area contributed by atoms with E-state index in [1.54, 1.807) is 36.0 Å². The average Bonchev–Trinajstić information content (AvgIpc) is 2.89. The van der Waals surface area contributed by atoms with E-state index in [0.717, 1.165) is 22.3 Å². The number of carbonyl (C=O) groups is 1. The lowest BCUT2D eigenvalue weighted by Crippen LogP contribution is -2.11. The number of aromatic nitrogens is 2. The van der Waals surface area contributed by atoms with Crippen LogP contribution in [0.4, 0.5) is 5.69 Å². The summed E-state index contributed by atoms with van der Waals surface area (Å²) in [5.41, 5.74) is 1.20. The van der Waals surface area contributed by atoms with Gasteiger partial charge in [-0.1, -0.05) is 17.8 Å². The molecule has 2 aromatic rings. The van der Waals surface area contributed by atoms with Crippen LogP contribution in [0.1, 0.15) is 24.2 Å². The number of amides is 1. The quantitative estimate of drug-likeness (QED) is 0.653. The van der Waals surface area contributed by atoms with Crippen molar-refractivity contribution >= 4 is 34.9 Å². The second-order valence-corrected chi connectivity index (χ2v) is 6.39. The minimum atomic E-state index is -0.0425. The molecular formula is C14H14N4OS2. The first kappa shape index (κ1) is 15.5. The van der Waals surface area contributed by atoms with Crippen LogP contribution in [0, 0.1) is 18.3 Å². The molecule has 0 unspecified atom stereocenters. The number of rotatable bonds is 6. The molecule has 0 bridgehead atoms. The summed E-state index contributed by atoms with van der Waals surface area (Å²) in [6.45, 7) is 1.86. The summed E-state index contributed by atoms with van der Waals surface area (Å²) >= 11 is 3.00. The Balaban J connectivity index is 1.71. The van der Waals surface area contributed by atoms with E-state index in [0.29, 0.717) is 17.7 Å². The number of carbonyl (C=O) groups excluding carboxylic acids is 1. The van der Waals surface area contributed by atoms with Gasteiger partial charge in [-0.25, -0.2) is 4.98 Å². The Hall–Kier alpha value is -1.91. The van der Waals surface area contributed by atoms with Gasteiger partial charge in [-0.2, -0.15) is 9.64 Å². The van der Waals surface area contributed by atoms with Crippen molar-refractivity contribution in [2.24, 2.45) is 0 Å². The van der Waals surface area contributed by atoms with Crippen molar-refractivity contribution < 1.29 is 4.79 Å². The molecule has 0 aliphatic heterocycles. The van der Waals surface area contributed by atoms with Gasteiger partial charge in [0.1, 0.15) is 5.82 Å². The molecule has 0 saturated heterocycles. The second-order valence-electron chi connectivity index (χ2n) is 4.30. The molecule has 1 amide bonds. The zero-order valence-electron chi connectivity index (χ0n) is 11.5. The standard InChI is InChI=1S/C14H14N4OS2/c1-10-16-14(21-18-10)20-7-3-6-13(19)17-12-5-2-4-11(8-12)9-15/h2,4-5,8H,3,6-7H2,1H3,(H,17,19). The van der Waals surface area contributed by atoms with E-state index in [9.17, 15) is 4.79 Å². The van der Waals surface area contributed by atoms with Crippen molar-refractivity contribution in [1.82, 2.24) is 9.36 Å². The van der Waals surface area contributed by atoms with Crippen molar-refractivity contribution in [1.29, 1.82) is 5.26 Å². The van der Waals surface area contributed by atoms with E-state index in [4.69, 9.17) is 5.26 Å². The number of hydrogen-bond acceptors (Lipinski definition) is 6. The predicted molar refractivity (Wildman–Crippen MR) is 84.4 cm³/mol. The Morgan fingerprint density at radius 2 is 2.38 bits per heavy atom. The number of nitrogens with one attached hydrogen (secondary N) is 1. The largest absolute Gasteiger partial charge is 0.326 e. The van der Waals surface area contributed by atoms with E-state index in [2.05, 4.69) is 14.7 Å². The molecule has 2 rings (SSSR count). The number of thioether (sulfide) groups is 1. The lowest BCUT2D eigenvalue weighted by molar-refractivity contribution is -0.116. The molecule has 0 aliphatic rings. The normalized spacial score (nSPS) is 10.1.